The fraction of sp³-hybridized carbons (Fsp3) is 0.500. The molecule has 2 aromatic carbocycles. The lowest BCUT2D eigenvalue weighted by atomic mass is 10.1. The van der Waals surface area contributed by atoms with Crippen molar-refractivity contribution in [3.05, 3.63) is 59.2 Å². The Kier molecular flexibility index (Phi) is 8.47. The van der Waals surface area contributed by atoms with Gasteiger partial charge in [-0.2, -0.15) is 13.2 Å². The minimum atomic E-state index is -4.58. The molecule has 1 aromatic heterocycles. The van der Waals surface area contributed by atoms with Gasteiger partial charge in [-0.1, -0.05) is 12.1 Å². The van der Waals surface area contributed by atoms with E-state index < -0.39 is 29.3 Å². The van der Waals surface area contributed by atoms with Crippen LogP contribution in [0.1, 0.15) is 61.1 Å². The van der Waals surface area contributed by atoms with Gasteiger partial charge >= 0.3 is 12.3 Å². The number of carbonyl (C=O) groups excluding carboxylic acids is 2. The summed E-state index contributed by atoms with van der Waals surface area (Å²) in [4.78, 5) is 34.8. The topological polar surface area (TPSA) is 88.9 Å². The van der Waals surface area contributed by atoms with Crippen LogP contribution in [0.25, 0.3) is 11.0 Å². The van der Waals surface area contributed by atoms with E-state index in [4.69, 9.17) is 14.5 Å². The zero-order valence-electron chi connectivity index (χ0n) is 24.0. The Morgan fingerprint density at radius 2 is 1.83 bits per heavy atom. The number of fused-ring (bicyclic) bond motifs is 1. The number of nitrogens with one attached hydrogen (secondary N) is 1. The Hall–Kier alpha value is -3.64. The predicted molar refractivity (Wildman–Crippen MR) is 151 cm³/mol. The molecule has 9 nitrogen and oxygen atoms in total. The van der Waals surface area contributed by atoms with E-state index in [1.165, 1.54) is 12.1 Å². The molecule has 12 heteroatoms. The van der Waals surface area contributed by atoms with E-state index >= 15 is 0 Å². The van der Waals surface area contributed by atoms with Gasteiger partial charge in [0.25, 0.3) is 5.91 Å². The molecule has 0 spiro atoms. The third-order valence-electron chi connectivity index (χ3n) is 7.35. The smallest absolute Gasteiger partial charge is 0.416 e. The molecule has 0 bridgehead atoms. The maximum absolute atomic E-state index is 13.3. The average Bonchev–Trinajstić information content (AvgIpc) is 3.29. The van der Waals surface area contributed by atoms with Gasteiger partial charge in [-0.15, -0.1) is 0 Å². The number of morpholine rings is 1. The number of piperidine rings is 1. The normalized spacial score (nSPS) is 18.7. The van der Waals surface area contributed by atoms with Crippen molar-refractivity contribution in [2.45, 2.75) is 58.0 Å². The van der Waals surface area contributed by atoms with Crippen molar-refractivity contribution in [3.8, 4) is 0 Å². The number of hydrogen-bond acceptors (Lipinski definition) is 6. The monoisotopic (exact) mass is 587 g/mol. The Balaban J connectivity index is 1.47. The standard InChI is InChI=1S/C30H36F3N5O4/c1-29(2,3)42-28(40)37-11-5-8-23(19-37)38-25-10-9-20(18-36-12-14-41-15-13-36)16-24(25)34-27(38)35-26(39)21-6-4-7-22(17-21)30(31,32)33/h4,6-7,9-10,16-17,23H,5,8,11-15,18-19H2,1-3H3,(H,34,35,39)/t23-/m1/s1. The van der Waals surface area contributed by atoms with Crippen LogP contribution in [0.4, 0.5) is 23.9 Å². The number of carbonyl (C=O) groups is 2. The number of ether oxygens (including phenoxy) is 2. The van der Waals surface area contributed by atoms with Crippen molar-refractivity contribution in [1.82, 2.24) is 19.4 Å². The first-order chi connectivity index (χ1) is 19.9. The Morgan fingerprint density at radius 3 is 2.55 bits per heavy atom. The highest BCUT2D eigenvalue weighted by molar-refractivity contribution is 6.04. The lowest BCUT2D eigenvalue weighted by molar-refractivity contribution is -0.137. The minimum Gasteiger partial charge on any atom is -0.444 e. The number of nitrogens with zero attached hydrogens (tertiary/aromatic N) is 4. The summed E-state index contributed by atoms with van der Waals surface area (Å²) in [5, 5.41) is 2.76. The molecule has 2 aliphatic rings. The average molecular weight is 588 g/mol. The molecule has 3 aromatic rings. The number of rotatable bonds is 5. The first-order valence-corrected chi connectivity index (χ1v) is 14.1. The second-order valence-electron chi connectivity index (χ2n) is 11.8. The molecule has 0 saturated carbocycles. The minimum absolute atomic E-state index is 0.129. The third kappa shape index (κ3) is 7.04. The number of alkyl halides is 3. The number of imidazole rings is 1. The molecule has 42 heavy (non-hydrogen) atoms. The number of anilines is 1. The van der Waals surface area contributed by atoms with Gasteiger partial charge in [0, 0.05) is 38.3 Å². The summed E-state index contributed by atoms with van der Waals surface area (Å²) < 4.78 is 52.9. The van der Waals surface area contributed by atoms with E-state index in [-0.39, 0.29) is 17.6 Å². The second-order valence-corrected chi connectivity index (χ2v) is 11.8. The number of hydrogen-bond donors (Lipinski definition) is 1. The zero-order chi connectivity index (χ0) is 30.1. The Morgan fingerprint density at radius 1 is 1.07 bits per heavy atom. The van der Waals surface area contributed by atoms with Gasteiger partial charge in [0.15, 0.2) is 0 Å². The van der Waals surface area contributed by atoms with Crippen molar-refractivity contribution in [2.24, 2.45) is 0 Å². The molecule has 2 aliphatic heterocycles. The zero-order valence-corrected chi connectivity index (χ0v) is 24.0. The van der Waals surface area contributed by atoms with Gasteiger partial charge in [0.2, 0.25) is 5.95 Å². The lowest BCUT2D eigenvalue weighted by Gasteiger charge is -2.35. The van der Waals surface area contributed by atoms with Crippen LogP contribution in [0.2, 0.25) is 0 Å². The van der Waals surface area contributed by atoms with E-state index in [0.29, 0.717) is 51.2 Å². The number of benzene rings is 2. The summed E-state index contributed by atoms with van der Waals surface area (Å²) in [6.45, 7) is 10.0. The molecule has 2 fully saturated rings. The van der Waals surface area contributed by atoms with Crippen LogP contribution < -0.4 is 5.32 Å². The summed E-state index contributed by atoms with van der Waals surface area (Å²) in [6.07, 6.45) is -3.57. The molecular weight excluding hydrogens is 551 g/mol. The van der Waals surface area contributed by atoms with Crippen LogP contribution in [0, 0.1) is 0 Å². The maximum atomic E-state index is 13.3. The molecule has 2 saturated heterocycles. The van der Waals surface area contributed by atoms with Crippen molar-refractivity contribution in [3.63, 3.8) is 0 Å². The van der Waals surface area contributed by atoms with E-state index in [9.17, 15) is 22.8 Å². The Labute approximate surface area is 242 Å². The maximum Gasteiger partial charge on any atom is 0.416 e. The second kappa shape index (κ2) is 11.9. The quantitative estimate of drug-likeness (QED) is 0.411. The molecule has 5 rings (SSSR count). The van der Waals surface area contributed by atoms with Crippen LogP contribution in [-0.2, 0) is 22.2 Å². The number of likely N-dealkylation sites (tertiary alicyclic amines) is 1. The summed E-state index contributed by atoms with van der Waals surface area (Å²) in [5.41, 5.74) is 0.772. The molecule has 1 atom stereocenters. The molecule has 3 heterocycles. The highest BCUT2D eigenvalue weighted by Crippen LogP contribution is 2.33. The van der Waals surface area contributed by atoms with Gasteiger partial charge in [-0.05, 0) is 69.5 Å². The van der Waals surface area contributed by atoms with E-state index in [1.54, 1.807) is 4.90 Å². The summed E-state index contributed by atoms with van der Waals surface area (Å²) in [7, 11) is 0. The van der Waals surface area contributed by atoms with Gasteiger partial charge in [0.1, 0.15) is 5.60 Å². The van der Waals surface area contributed by atoms with Crippen molar-refractivity contribution >= 4 is 29.0 Å². The van der Waals surface area contributed by atoms with E-state index in [0.717, 1.165) is 36.3 Å². The predicted octanol–water partition coefficient (Wildman–Crippen LogP) is 5.71. The fourth-order valence-electron chi connectivity index (χ4n) is 5.39. The summed E-state index contributed by atoms with van der Waals surface area (Å²) in [6, 6.07) is 9.99. The highest BCUT2D eigenvalue weighted by Gasteiger charge is 2.33. The molecule has 0 radical (unpaired) electrons. The summed E-state index contributed by atoms with van der Waals surface area (Å²) in [5.74, 6) is -0.488. The highest BCUT2D eigenvalue weighted by atomic mass is 19.4. The number of amides is 2. The molecule has 2 amide bonds. The van der Waals surface area contributed by atoms with Gasteiger partial charge in [0.05, 0.1) is 35.9 Å². The van der Waals surface area contributed by atoms with Gasteiger partial charge in [-0.3, -0.25) is 15.0 Å². The largest absolute Gasteiger partial charge is 0.444 e. The van der Waals surface area contributed by atoms with Crippen LogP contribution >= 0.6 is 0 Å². The lowest BCUT2D eigenvalue weighted by Crippen LogP contribution is -2.43. The number of aromatic nitrogens is 2. The van der Waals surface area contributed by atoms with Crippen LogP contribution in [-0.4, -0.2) is 76.3 Å². The van der Waals surface area contributed by atoms with Gasteiger partial charge in [-0.25, -0.2) is 9.78 Å². The van der Waals surface area contributed by atoms with Crippen molar-refractivity contribution in [2.75, 3.05) is 44.7 Å². The fourth-order valence-corrected chi connectivity index (χ4v) is 5.39. The first-order valence-electron chi connectivity index (χ1n) is 14.1. The van der Waals surface area contributed by atoms with Crippen molar-refractivity contribution < 1.29 is 32.2 Å². The number of halogens is 3. The molecular formula is C30H36F3N5O4. The molecule has 226 valence electrons. The molecule has 0 aliphatic carbocycles. The van der Waals surface area contributed by atoms with Crippen LogP contribution in [0.3, 0.4) is 0 Å². The van der Waals surface area contributed by atoms with E-state index in [2.05, 4.69) is 10.2 Å². The third-order valence-corrected chi connectivity index (χ3v) is 7.35. The molecule has 0 unspecified atom stereocenters. The first kappa shape index (κ1) is 29.8. The summed E-state index contributed by atoms with van der Waals surface area (Å²) >= 11 is 0. The Bertz CT molecular complexity index is 1440. The van der Waals surface area contributed by atoms with E-state index in [1.807, 2.05) is 43.5 Å². The van der Waals surface area contributed by atoms with Crippen LogP contribution in [0.5, 0.6) is 0 Å². The van der Waals surface area contributed by atoms with Crippen molar-refractivity contribution in [1.29, 1.82) is 0 Å². The van der Waals surface area contributed by atoms with Crippen LogP contribution in [0.15, 0.2) is 42.5 Å². The molecule has 1 N–H and O–H groups in total. The SMILES string of the molecule is CC(C)(C)OC(=O)N1CCC[C@@H](n2c(NC(=O)c3cccc(C(F)(F)F)c3)nc3cc(CN4CCOCC4)ccc32)C1. The van der Waals surface area contributed by atoms with Gasteiger partial charge < -0.3 is 18.9 Å².